The Morgan fingerprint density at radius 2 is 1.97 bits per heavy atom. The van der Waals surface area contributed by atoms with Gasteiger partial charge in [0.25, 0.3) is 0 Å². The highest BCUT2D eigenvalue weighted by molar-refractivity contribution is 5.93. The smallest absolute Gasteiger partial charge is 0.161 e. The Morgan fingerprint density at radius 3 is 2.74 bits per heavy atom. The van der Waals surface area contributed by atoms with E-state index in [4.69, 9.17) is 18.6 Å². The molecule has 3 aromatic heterocycles. The zero-order valence-electron chi connectivity index (χ0n) is 18.5. The van der Waals surface area contributed by atoms with Gasteiger partial charge in [0, 0.05) is 42.4 Å². The number of benzene rings is 1. The summed E-state index contributed by atoms with van der Waals surface area (Å²) in [5.41, 5.74) is 4.11. The first-order valence-electron chi connectivity index (χ1n) is 10.9. The highest BCUT2D eigenvalue weighted by Crippen LogP contribution is 2.37. The molecule has 0 N–H and O–H groups in total. The van der Waals surface area contributed by atoms with Crippen LogP contribution in [0.2, 0.25) is 0 Å². The maximum atomic E-state index is 11.1. The van der Waals surface area contributed by atoms with Crippen LogP contribution in [0.5, 0.6) is 11.5 Å². The van der Waals surface area contributed by atoms with Crippen molar-refractivity contribution in [1.82, 2.24) is 9.97 Å². The van der Waals surface area contributed by atoms with Gasteiger partial charge in [-0.3, -0.25) is 9.78 Å². The molecule has 4 heterocycles. The zero-order chi connectivity index (χ0) is 23.5. The van der Waals surface area contributed by atoms with Gasteiger partial charge in [0.2, 0.25) is 0 Å². The van der Waals surface area contributed by atoms with E-state index in [1.807, 2.05) is 18.2 Å². The van der Waals surface area contributed by atoms with E-state index in [9.17, 15) is 10.1 Å². The van der Waals surface area contributed by atoms with E-state index in [0.717, 1.165) is 24.0 Å². The molecule has 8 nitrogen and oxygen atoms in total. The van der Waals surface area contributed by atoms with E-state index < -0.39 is 0 Å². The predicted octanol–water partition coefficient (Wildman–Crippen LogP) is 4.81. The monoisotopic (exact) mass is 455 g/mol. The van der Waals surface area contributed by atoms with Gasteiger partial charge >= 0.3 is 0 Å². The summed E-state index contributed by atoms with van der Waals surface area (Å²) >= 11 is 0. The summed E-state index contributed by atoms with van der Waals surface area (Å²) < 4.78 is 23.0. The molecule has 1 aliphatic rings. The van der Waals surface area contributed by atoms with Crippen LogP contribution < -0.4 is 9.47 Å². The number of furan rings is 1. The number of carbonyl (C=O) groups excluding carboxylic acids is 1. The van der Waals surface area contributed by atoms with Gasteiger partial charge in [0.1, 0.15) is 34.9 Å². The number of hydrogen-bond acceptors (Lipinski definition) is 8. The molecule has 1 saturated heterocycles. The molecule has 4 aromatic rings. The number of nitriles is 1. The minimum atomic E-state index is 0.0417. The average Bonchev–Trinajstić information content (AvgIpc) is 3.33. The lowest BCUT2D eigenvalue weighted by molar-refractivity contribution is 0.0254. The van der Waals surface area contributed by atoms with Crippen LogP contribution in [0.15, 0.2) is 53.2 Å². The van der Waals surface area contributed by atoms with Gasteiger partial charge in [-0.05, 0) is 29.8 Å². The molecule has 0 saturated carbocycles. The number of nitrogens with zero attached hydrogens (tertiary/aromatic N) is 3. The summed E-state index contributed by atoms with van der Waals surface area (Å²) in [4.78, 5) is 19.8. The number of aldehydes is 1. The zero-order valence-corrected chi connectivity index (χ0v) is 18.5. The molecule has 0 aliphatic carbocycles. The maximum Gasteiger partial charge on any atom is 0.161 e. The Labute approximate surface area is 195 Å². The fourth-order valence-corrected chi connectivity index (χ4v) is 4.01. The van der Waals surface area contributed by atoms with Gasteiger partial charge in [-0.1, -0.05) is 6.07 Å². The molecule has 8 heteroatoms. The predicted molar refractivity (Wildman–Crippen MR) is 124 cm³/mol. The fraction of sp³-hybridized carbons (Fsp3) is 0.231. The molecule has 0 radical (unpaired) electrons. The van der Waals surface area contributed by atoms with Gasteiger partial charge < -0.3 is 18.6 Å². The van der Waals surface area contributed by atoms with E-state index >= 15 is 0 Å². The van der Waals surface area contributed by atoms with Crippen LogP contribution in [-0.2, 0) is 4.74 Å². The summed E-state index contributed by atoms with van der Waals surface area (Å²) in [5, 5.41) is 9.75. The molecule has 5 rings (SSSR count). The average molecular weight is 455 g/mol. The number of fused-ring (bicyclic) bond motifs is 1. The summed E-state index contributed by atoms with van der Waals surface area (Å²) in [7, 11) is 1.51. The first kappa shape index (κ1) is 21.6. The van der Waals surface area contributed by atoms with Gasteiger partial charge in [-0.15, -0.1) is 0 Å². The molecule has 0 unspecified atom stereocenters. The third-order valence-electron chi connectivity index (χ3n) is 5.75. The second-order valence-electron chi connectivity index (χ2n) is 7.87. The highest BCUT2D eigenvalue weighted by Gasteiger charge is 2.20. The van der Waals surface area contributed by atoms with Crippen LogP contribution >= 0.6 is 0 Å². The SMILES string of the molecule is COc1cc(C=O)cnc1-c1cc2nccc(-c3ccc(OC4CCOCC4)c(C#N)c3)c2o1. The second-order valence-corrected chi connectivity index (χ2v) is 7.87. The second kappa shape index (κ2) is 9.33. The number of rotatable bonds is 6. The lowest BCUT2D eigenvalue weighted by Crippen LogP contribution is -2.26. The van der Waals surface area contributed by atoms with Crippen molar-refractivity contribution in [3.8, 4) is 40.1 Å². The van der Waals surface area contributed by atoms with Crippen molar-refractivity contribution < 1.29 is 23.4 Å². The first-order chi connectivity index (χ1) is 16.7. The van der Waals surface area contributed by atoms with E-state index in [2.05, 4.69) is 16.0 Å². The van der Waals surface area contributed by atoms with E-state index in [0.29, 0.717) is 64.7 Å². The van der Waals surface area contributed by atoms with E-state index in [-0.39, 0.29) is 6.10 Å². The molecule has 0 bridgehead atoms. The van der Waals surface area contributed by atoms with Crippen molar-refractivity contribution in [3.05, 3.63) is 59.9 Å². The van der Waals surface area contributed by atoms with Crippen molar-refractivity contribution in [2.45, 2.75) is 18.9 Å². The summed E-state index contributed by atoms with van der Waals surface area (Å²) in [6.07, 6.45) is 5.51. The largest absolute Gasteiger partial charge is 0.494 e. The van der Waals surface area contributed by atoms with Gasteiger partial charge in [0.05, 0.1) is 25.9 Å². The number of methoxy groups -OCH3 is 1. The Hall–Kier alpha value is -4.22. The number of hydrogen-bond donors (Lipinski definition) is 0. The number of pyridine rings is 2. The molecule has 0 amide bonds. The lowest BCUT2D eigenvalue weighted by Gasteiger charge is -2.23. The van der Waals surface area contributed by atoms with Crippen LogP contribution in [0.3, 0.4) is 0 Å². The number of ether oxygens (including phenoxy) is 3. The lowest BCUT2D eigenvalue weighted by atomic mass is 10.0. The Balaban J connectivity index is 1.53. The maximum absolute atomic E-state index is 11.1. The van der Waals surface area contributed by atoms with Crippen molar-refractivity contribution in [2.75, 3.05) is 20.3 Å². The van der Waals surface area contributed by atoms with Crippen LogP contribution in [-0.4, -0.2) is 42.7 Å². The summed E-state index contributed by atoms with van der Waals surface area (Å²) in [6, 6.07) is 13.0. The molecule has 170 valence electrons. The van der Waals surface area contributed by atoms with Crippen molar-refractivity contribution in [3.63, 3.8) is 0 Å². The molecule has 1 fully saturated rings. The summed E-state index contributed by atoms with van der Waals surface area (Å²) in [5.74, 6) is 1.45. The Kier molecular flexibility index (Phi) is 5.93. The van der Waals surface area contributed by atoms with Crippen LogP contribution in [0.1, 0.15) is 28.8 Å². The molecule has 34 heavy (non-hydrogen) atoms. The molecular formula is C26H21N3O5. The van der Waals surface area contributed by atoms with Crippen LogP contribution in [0, 0.1) is 11.3 Å². The van der Waals surface area contributed by atoms with Crippen molar-refractivity contribution in [2.24, 2.45) is 0 Å². The van der Waals surface area contributed by atoms with Crippen molar-refractivity contribution in [1.29, 1.82) is 5.26 Å². The summed E-state index contributed by atoms with van der Waals surface area (Å²) in [6.45, 7) is 1.33. The molecule has 0 atom stereocenters. The van der Waals surface area contributed by atoms with Gasteiger partial charge in [0.15, 0.2) is 17.6 Å². The first-order valence-corrected chi connectivity index (χ1v) is 10.9. The topological polar surface area (TPSA) is 107 Å². The highest BCUT2D eigenvalue weighted by atomic mass is 16.5. The Bertz CT molecular complexity index is 1400. The third-order valence-corrected chi connectivity index (χ3v) is 5.75. The van der Waals surface area contributed by atoms with Gasteiger partial charge in [-0.2, -0.15) is 5.26 Å². The normalized spacial score (nSPS) is 14.0. The molecule has 1 aliphatic heterocycles. The van der Waals surface area contributed by atoms with Crippen LogP contribution in [0.4, 0.5) is 0 Å². The molecule has 1 aromatic carbocycles. The number of carbonyl (C=O) groups is 1. The standard InChI is InChI=1S/C26H21N3O5/c1-31-23-10-16(15-30)14-29-25(23)24-12-21-26(34-24)20(4-7-28-21)17-2-3-22(18(11-17)13-27)33-19-5-8-32-9-6-19/h2-4,7,10-12,14-15,19H,5-6,8-9H2,1H3. The minimum absolute atomic E-state index is 0.0417. The van der Waals surface area contributed by atoms with Crippen molar-refractivity contribution >= 4 is 17.4 Å². The van der Waals surface area contributed by atoms with E-state index in [1.165, 1.54) is 13.3 Å². The van der Waals surface area contributed by atoms with Crippen LogP contribution in [0.25, 0.3) is 33.7 Å². The Morgan fingerprint density at radius 1 is 1.12 bits per heavy atom. The molecular weight excluding hydrogens is 434 g/mol. The van der Waals surface area contributed by atoms with E-state index in [1.54, 1.807) is 24.4 Å². The van der Waals surface area contributed by atoms with Gasteiger partial charge in [-0.25, -0.2) is 4.98 Å². The minimum Gasteiger partial charge on any atom is -0.494 e. The molecule has 0 spiro atoms. The number of aromatic nitrogens is 2. The fourth-order valence-electron chi connectivity index (χ4n) is 4.01. The quantitative estimate of drug-likeness (QED) is 0.381. The third kappa shape index (κ3) is 4.09.